The van der Waals surface area contributed by atoms with Crippen molar-refractivity contribution in [3.05, 3.63) is 60.2 Å². The van der Waals surface area contributed by atoms with Gasteiger partial charge in [0.25, 0.3) is 0 Å². The van der Waals surface area contributed by atoms with Crippen molar-refractivity contribution >= 4 is 65.4 Å². The highest BCUT2D eigenvalue weighted by Gasteiger charge is 2.09. The Hall–Kier alpha value is -3.50. The summed E-state index contributed by atoms with van der Waals surface area (Å²) in [7, 11) is 0. The summed E-state index contributed by atoms with van der Waals surface area (Å²) < 4.78 is 6.21. The average Bonchev–Trinajstić information content (AvgIpc) is 3.46. The lowest BCUT2D eigenvalue weighted by Gasteiger charge is -2.20. The molecule has 0 saturated carbocycles. The summed E-state index contributed by atoms with van der Waals surface area (Å²) in [5.41, 5.74) is 3.13. The van der Waals surface area contributed by atoms with Crippen molar-refractivity contribution in [1.82, 2.24) is 4.98 Å². The second-order valence-corrected chi connectivity index (χ2v) is 9.89. The molecule has 2 aromatic carbocycles. The van der Waals surface area contributed by atoms with Crippen LogP contribution in [-0.2, 0) is 4.74 Å². The third-order valence-corrected chi connectivity index (χ3v) is 7.32. The number of carbonyl (C=O) groups excluding carboxylic acids is 1. The first-order valence-electron chi connectivity index (χ1n) is 12.0. The Morgan fingerprint density at radius 3 is 2.19 bits per heavy atom. The van der Waals surface area contributed by atoms with Crippen molar-refractivity contribution in [2.75, 3.05) is 24.6 Å². The van der Waals surface area contributed by atoms with Gasteiger partial charge in [-0.2, -0.15) is 0 Å². The molecule has 0 fully saturated rings. The van der Waals surface area contributed by atoms with Crippen LogP contribution in [0.5, 0.6) is 0 Å². The van der Waals surface area contributed by atoms with Crippen molar-refractivity contribution in [2.45, 2.75) is 33.6 Å². The predicted octanol–water partition coefficient (Wildman–Crippen LogP) is 8.99. The standard InChI is InChI=1S/C26H28N6O2S2/c1-4-7-16-34-25(33)18-8-10-19(11-9-18)28-30-23-17-22-24(36-23)27-26(35-22)31-29-20-12-14-21(15-13-20)32(5-2)6-3/h8-15,17H,4-7,16H2,1-3H3. The van der Waals surface area contributed by atoms with E-state index in [1.54, 1.807) is 24.3 Å². The van der Waals surface area contributed by atoms with E-state index in [2.05, 4.69) is 63.2 Å². The van der Waals surface area contributed by atoms with Gasteiger partial charge in [-0.15, -0.1) is 20.5 Å². The van der Waals surface area contributed by atoms with E-state index in [0.717, 1.165) is 46.1 Å². The molecule has 0 spiro atoms. The largest absolute Gasteiger partial charge is 0.462 e. The number of fused-ring (bicyclic) bond motifs is 1. The minimum absolute atomic E-state index is 0.318. The van der Waals surface area contributed by atoms with Gasteiger partial charge in [-0.05, 0) is 74.9 Å². The zero-order valence-electron chi connectivity index (χ0n) is 20.5. The fourth-order valence-electron chi connectivity index (χ4n) is 3.39. The molecule has 0 atom stereocenters. The van der Waals surface area contributed by atoms with Crippen LogP contribution in [0, 0.1) is 0 Å². The number of carbonyl (C=O) groups is 1. The molecule has 0 N–H and O–H groups in total. The molecule has 2 aromatic heterocycles. The van der Waals surface area contributed by atoms with Gasteiger partial charge in [0.05, 0.1) is 28.2 Å². The number of hydrogen-bond acceptors (Lipinski definition) is 10. The number of esters is 1. The number of thiophene rings is 1. The van der Waals surface area contributed by atoms with Gasteiger partial charge in [0, 0.05) is 18.8 Å². The molecule has 0 radical (unpaired) electrons. The number of ether oxygens (including phenoxy) is 1. The molecule has 2 heterocycles. The molecule has 4 rings (SSSR count). The second-order valence-electron chi connectivity index (χ2n) is 7.88. The van der Waals surface area contributed by atoms with Crippen LogP contribution < -0.4 is 4.90 Å². The normalized spacial score (nSPS) is 11.6. The molecule has 0 bridgehead atoms. The van der Waals surface area contributed by atoms with E-state index >= 15 is 0 Å². The molecule has 186 valence electrons. The SMILES string of the molecule is CCCCOC(=O)c1ccc(N=Nc2cc3sc(N=Nc4ccc(N(CC)CC)cc4)nc3s2)cc1. The number of hydrogen-bond donors (Lipinski definition) is 0. The quantitative estimate of drug-likeness (QED) is 0.112. The third-order valence-electron chi connectivity index (χ3n) is 5.39. The molecule has 0 saturated heterocycles. The molecule has 0 unspecified atom stereocenters. The lowest BCUT2D eigenvalue weighted by molar-refractivity contribution is 0.0500. The summed E-state index contributed by atoms with van der Waals surface area (Å²) in [5.74, 6) is -0.318. The average molecular weight is 521 g/mol. The van der Waals surface area contributed by atoms with Crippen LogP contribution in [0.3, 0.4) is 0 Å². The van der Waals surface area contributed by atoms with Crippen molar-refractivity contribution in [2.24, 2.45) is 20.5 Å². The number of unbranched alkanes of at least 4 members (excludes halogenated alkanes) is 1. The van der Waals surface area contributed by atoms with Gasteiger partial charge in [-0.1, -0.05) is 36.0 Å². The number of nitrogens with zero attached hydrogens (tertiary/aromatic N) is 6. The molecule has 10 heteroatoms. The maximum Gasteiger partial charge on any atom is 0.338 e. The highest BCUT2D eigenvalue weighted by atomic mass is 32.1. The maximum atomic E-state index is 12.0. The number of thiazole rings is 1. The summed E-state index contributed by atoms with van der Waals surface area (Å²) in [6.07, 6.45) is 1.85. The topological polar surface area (TPSA) is 91.9 Å². The minimum atomic E-state index is -0.318. The van der Waals surface area contributed by atoms with Crippen LogP contribution in [0.1, 0.15) is 44.0 Å². The predicted molar refractivity (Wildman–Crippen MR) is 147 cm³/mol. The number of benzene rings is 2. The van der Waals surface area contributed by atoms with Crippen LogP contribution in [0.2, 0.25) is 0 Å². The van der Waals surface area contributed by atoms with Gasteiger partial charge in [0.1, 0.15) is 9.83 Å². The van der Waals surface area contributed by atoms with E-state index in [-0.39, 0.29) is 5.97 Å². The van der Waals surface area contributed by atoms with Gasteiger partial charge in [-0.3, -0.25) is 0 Å². The molecule has 36 heavy (non-hydrogen) atoms. The lowest BCUT2D eigenvalue weighted by Crippen LogP contribution is -2.21. The van der Waals surface area contributed by atoms with E-state index in [9.17, 15) is 4.79 Å². The van der Waals surface area contributed by atoms with Gasteiger partial charge in [0.2, 0.25) is 5.13 Å². The number of anilines is 1. The Bertz CT molecular complexity index is 1310. The molecule has 0 aliphatic carbocycles. The molecular weight excluding hydrogens is 492 g/mol. The molecule has 0 amide bonds. The summed E-state index contributed by atoms with van der Waals surface area (Å²) in [4.78, 5) is 19.7. The van der Waals surface area contributed by atoms with Gasteiger partial charge >= 0.3 is 5.97 Å². The number of rotatable bonds is 11. The van der Waals surface area contributed by atoms with Gasteiger partial charge < -0.3 is 9.64 Å². The summed E-state index contributed by atoms with van der Waals surface area (Å²) >= 11 is 2.91. The van der Waals surface area contributed by atoms with Crippen molar-refractivity contribution in [3.8, 4) is 0 Å². The molecule has 0 aliphatic heterocycles. The zero-order chi connectivity index (χ0) is 25.3. The molecule has 4 aromatic rings. The summed E-state index contributed by atoms with van der Waals surface area (Å²) in [5, 5.41) is 18.6. The Morgan fingerprint density at radius 1 is 0.889 bits per heavy atom. The van der Waals surface area contributed by atoms with E-state index < -0.39 is 0 Å². The zero-order valence-corrected chi connectivity index (χ0v) is 22.2. The number of azo groups is 2. The highest BCUT2D eigenvalue weighted by molar-refractivity contribution is 7.30. The monoisotopic (exact) mass is 520 g/mol. The van der Waals surface area contributed by atoms with Gasteiger partial charge in [0.15, 0.2) is 0 Å². The fourth-order valence-corrected chi connectivity index (χ4v) is 5.24. The lowest BCUT2D eigenvalue weighted by atomic mass is 10.2. The Labute approximate surface area is 218 Å². The van der Waals surface area contributed by atoms with Gasteiger partial charge in [-0.25, -0.2) is 9.78 Å². The van der Waals surface area contributed by atoms with Crippen LogP contribution in [-0.4, -0.2) is 30.6 Å². The van der Waals surface area contributed by atoms with E-state index in [0.29, 0.717) is 23.0 Å². The first kappa shape index (κ1) is 25.6. The van der Waals surface area contributed by atoms with Crippen LogP contribution >= 0.6 is 22.7 Å². The Kier molecular flexibility index (Phi) is 8.85. The second kappa shape index (κ2) is 12.5. The smallest absolute Gasteiger partial charge is 0.338 e. The van der Waals surface area contributed by atoms with E-state index in [1.165, 1.54) is 28.4 Å². The van der Waals surface area contributed by atoms with Crippen molar-refractivity contribution in [1.29, 1.82) is 0 Å². The third kappa shape index (κ3) is 6.58. The van der Waals surface area contributed by atoms with Crippen molar-refractivity contribution < 1.29 is 9.53 Å². The number of aromatic nitrogens is 1. The van der Waals surface area contributed by atoms with Crippen LogP contribution in [0.4, 0.5) is 27.2 Å². The summed E-state index contributed by atoms with van der Waals surface area (Å²) in [6.45, 7) is 8.72. The first-order valence-corrected chi connectivity index (χ1v) is 13.6. The van der Waals surface area contributed by atoms with Crippen molar-refractivity contribution in [3.63, 3.8) is 0 Å². The Morgan fingerprint density at radius 2 is 1.56 bits per heavy atom. The fraction of sp³-hybridized carbons (Fsp3) is 0.308. The molecule has 0 aliphatic rings. The van der Waals surface area contributed by atoms with Crippen LogP contribution in [0.15, 0.2) is 75.1 Å². The molecule has 8 nitrogen and oxygen atoms in total. The first-order chi connectivity index (χ1) is 17.6. The van der Waals surface area contributed by atoms with E-state index in [4.69, 9.17) is 4.74 Å². The maximum absolute atomic E-state index is 12.0. The van der Waals surface area contributed by atoms with E-state index in [1.807, 2.05) is 18.2 Å². The van der Waals surface area contributed by atoms with Crippen LogP contribution in [0.25, 0.3) is 9.53 Å². The summed E-state index contributed by atoms with van der Waals surface area (Å²) in [6, 6.07) is 16.9. The molecular formula is C26H28N6O2S2. The minimum Gasteiger partial charge on any atom is -0.462 e. The highest BCUT2D eigenvalue weighted by Crippen LogP contribution is 2.39. The Balaban J connectivity index is 1.36.